The summed E-state index contributed by atoms with van der Waals surface area (Å²) in [7, 11) is 0. The molecule has 30 heavy (non-hydrogen) atoms. The van der Waals surface area contributed by atoms with Gasteiger partial charge in [-0.25, -0.2) is 0 Å². The number of amides is 1. The molecule has 1 aliphatic heterocycles. The van der Waals surface area contributed by atoms with E-state index in [4.69, 9.17) is 4.74 Å². The van der Waals surface area contributed by atoms with Crippen LogP contribution in [0.25, 0.3) is 0 Å². The summed E-state index contributed by atoms with van der Waals surface area (Å²) in [6.07, 6.45) is 2.58. The SMILES string of the molecule is Cc1cc(OC(C)C(=O)NC2CCN(CCc3ccccc3)CC2)ccc1C(C)C. The maximum absolute atomic E-state index is 12.6. The molecule has 0 bridgehead atoms. The number of rotatable bonds is 8. The molecule has 0 spiro atoms. The van der Waals surface area contributed by atoms with Gasteiger partial charge >= 0.3 is 0 Å². The number of nitrogens with zero attached hydrogens (tertiary/aromatic N) is 1. The van der Waals surface area contributed by atoms with Crippen molar-refractivity contribution in [3.05, 3.63) is 65.2 Å². The summed E-state index contributed by atoms with van der Waals surface area (Å²) < 4.78 is 5.92. The van der Waals surface area contributed by atoms with Gasteiger partial charge in [-0.2, -0.15) is 0 Å². The van der Waals surface area contributed by atoms with Crippen molar-refractivity contribution in [3.8, 4) is 5.75 Å². The zero-order chi connectivity index (χ0) is 21.5. The summed E-state index contributed by atoms with van der Waals surface area (Å²) >= 11 is 0. The first kappa shape index (κ1) is 22.4. The summed E-state index contributed by atoms with van der Waals surface area (Å²) in [6.45, 7) is 11.4. The van der Waals surface area contributed by atoms with E-state index in [9.17, 15) is 4.79 Å². The lowest BCUT2D eigenvalue weighted by Crippen LogP contribution is -2.48. The van der Waals surface area contributed by atoms with Gasteiger partial charge in [0, 0.05) is 25.7 Å². The van der Waals surface area contributed by atoms with Gasteiger partial charge in [0.25, 0.3) is 5.91 Å². The average molecular weight is 409 g/mol. The van der Waals surface area contributed by atoms with Gasteiger partial charge in [-0.3, -0.25) is 4.79 Å². The van der Waals surface area contributed by atoms with Crippen LogP contribution in [0.1, 0.15) is 56.2 Å². The van der Waals surface area contributed by atoms with Crippen molar-refractivity contribution in [1.29, 1.82) is 0 Å². The Hall–Kier alpha value is -2.33. The molecule has 1 amide bonds. The molecule has 4 heteroatoms. The summed E-state index contributed by atoms with van der Waals surface area (Å²) in [5.41, 5.74) is 3.91. The first-order valence-electron chi connectivity index (χ1n) is 11.3. The Morgan fingerprint density at radius 3 is 2.43 bits per heavy atom. The second kappa shape index (κ2) is 10.6. The van der Waals surface area contributed by atoms with Crippen molar-refractivity contribution in [3.63, 3.8) is 0 Å². The van der Waals surface area contributed by atoms with E-state index in [0.29, 0.717) is 5.92 Å². The first-order chi connectivity index (χ1) is 14.4. The highest BCUT2D eigenvalue weighted by Crippen LogP contribution is 2.24. The topological polar surface area (TPSA) is 41.6 Å². The van der Waals surface area contributed by atoms with Crippen LogP contribution < -0.4 is 10.1 Å². The third-order valence-electron chi connectivity index (χ3n) is 6.04. The lowest BCUT2D eigenvalue weighted by Gasteiger charge is -2.32. The van der Waals surface area contributed by atoms with Crippen LogP contribution >= 0.6 is 0 Å². The Balaban J connectivity index is 1.41. The molecule has 1 aliphatic rings. The van der Waals surface area contributed by atoms with Crippen LogP contribution in [0.3, 0.4) is 0 Å². The number of piperidine rings is 1. The van der Waals surface area contributed by atoms with E-state index in [1.54, 1.807) is 0 Å². The predicted molar refractivity (Wildman–Crippen MR) is 123 cm³/mol. The van der Waals surface area contributed by atoms with Crippen LogP contribution in [0.5, 0.6) is 5.75 Å². The zero-order valence-electron chi connectivity index (χ0n) is 18.9. The van der Waals surface area contributed by atoms with E-state index < -0.39 is 6.10 Å². The highest BCUT2D eigenvalue weighted by molar-refractivity contribution is 5.81. The van der Waals surface area contributed by atoms with E-state index in [2.05, 4.69) is 67.4 Å². The predicted octanol–water partition coefficient (Wildman–Crippen LogP) is 4.71. The highest BCUT2D eigenvalue weighted by atomic mass is 16.5. The Labute approximate surface area is 181 Å². The second-order valence-electron chi connectivity index (χ2n) is 8.79. The molecule has 2 aromatic rings. The molecule has 0 radical (unpaired) electrons. The Bertz CT molecular complexity index is 811. The van der Waals surface area contributed by atoms with Gasteiger partial charge in [-0.05, 0) is 67.9 Å². The van der Waals surface area contributed by atoms with Crippen molar-refractivity contribution in [1.82, 2.24) is 10.2 Å². The van der Waals surface area contributed by atoms with Crippen LogP contribution in [0.15, 0.2) is 48.5 Å². The maximum Gasteiger partial charge on any atom is 0.260 e. The number of ether oxygens (including phenoxy) is 1. The molecule has 162 valence electrons. The molecule has 2 aromatic carbocycles. The van der Waals surface area contributed by atoms with Gasteiger partial charge in [-0.15, -0.1) is 0 Å². The molecular formula is C26H36N2O2. The van der Waals surface area contributed by atoms with E-state index in [0.717, 1.165) is 44.6 Å². The van der Waals surface area contributed by atoms with Crippen molar-refractivity contribution >= 4 is 5.91 Å². The lowest BCUT2D eigenvalue weighted by atomic mass is 9.98. The normalized spacial score (nSPS) is 16.4. The number of hydrogen-bond donors (Lipinski definition) is 1. The molecule has 4 nitrogen and oxygen atoms in total. The molecule has 1 N–H and O–H groups in total. The van der Waals surface area contributed by atoms with Crippen LogP contribution in [0.4, 0.5) is 0 Å². The summed E-state index contributed by atoms with van der Waals surface area (Å²) in [5.74, 6) is 1.22. The Morgan fingerprint density at radius 1 is 1.10 bits per heavy atom. The molecule has 1 atom stereocenters. The van der Waals surface area contributed by atoms with E-state index in [-0.39, 0.29) is 11.9 Å². The molecule has 0 saturated carbocycles. The van der Waals surface area contributed by atoms with Crippen LogP contribution in [0, 0.1) is 6.92 Å². The van der Waals surface area contributed by atoms with Gasteiger partial charge in [0.2, 0.25) is 0 Å². The molecule has 0 aromatic heterocycles. The second-order valence-corrected chi connectivity index (χ2v) is 8.79. The highest BCUT2D eigenvalue weighted by Gasteiger charge is 2.23. The summed E-state index contributed by atoms with van der Waals surface area (Å²) in [5, 5.41) is 3.19. The van der Waals surface area contributed by atoms with Gasteiger partial charge < -0.3 is 15.0 Å². The average Bonchev–Trinajstić information content (AvgIpc) is 2.73. The smallest absolute Gasteiger partial charge is 0.260 e. The van der Waals surface area contributed by atoms with Crippen LogP contribution in [0.2, 0.25) is 0 Å². The molecule has 1 saturated heterocycles. The minimum Gasteiger partial charge on any atom is -0.481 e. The van der Waals surface area contributed by atoms with E-state index in [1.165, 1.54) is 16.7 Å². The zero-order valence-corrected chi connectivity index (χ0v) is 18.9. The van der Waals surface area contributed by atoms with Crippen LogP contribution in [-0.2, 0) is 11.2 Å². The largest absolute Gasteiger partial charge is 0.481 e. The van der Waals surface area contributed by atoms with Crippen molar-refractivity contribution < 1.29 is 9.53 Å². The standard InChI is InChI=1S/C26H36N2O2/c1-19(2)25-11-10-24(18-20(25)3)30-21(4)26(29)27-23-13-16-28(17-14-23)15-12-22-8-6-5-7-9-22/h5-11,18-19,21,23H,12-17H2,1-4H3,(H,27,29). The minimum absolute atomic E-state index is 0.0247. The molecule has 0 aliphatic carbocycles. The van der Waals surface area contributed by atoms with Crippen LogP contribution in [-0.4, -0.2) is 42.6 Å². The molecule has 1 heterocycles. The van der Waals surface area contributed by atoms with Crippen molar-refractivity contribution in [2.24, 2.45) is 0 Å². The third kappa shape index (κ3) is 6.33. The van der Waals surface area contributed by atoms with Gasteiger partial charge in [-0.1, -0.05) is 50.2 Å². The minimum atomic E-state index is -0.495. The first-order valence-corrected chi connectivity index (χ1v) is 11.3. The number of nitrogens with one attached hydrogen (secondary N) is 1. The Morgan fingerprint density at radius 2 is 1.80 bits per heavy atom. The monoisotopic (exact) mass is 408 g/mol. The Kier molecular flexibility index (Phi) is 7.92. The van der Waals surface area contributed by atoms with Crippen molar-refractivity contribution in [2.75, 3.05) is 19.6 Å². The number of carbonyl (C=O) groups is 1. The summed E-state index contributed by atoms with van der Waals surface area (Å²) in [4.78, 5) is 15.1. The number of benzene rings is 2. The maximum atomic E-state index is 12.6. The quantitative estimate of drug-likeness (QED) is 0.688. The van der Waals surface area contributed by atoms with Gasteiger partial charge in [0.1, 0.15) is 5.75 Å². The molecule has 1 unspecified atom stereocenters. The lowest BCUT2D eigenvalue weighted by molar-refractivity contribution is -0.128. The van der Waals surface area contributed by atoms with Crippen molar-refractivity contribution in [2.45, 2.75) is 65.0 Å². The summed E-state index contributed by atoms with van der Waals surface area (Å²) in [6, 6.07) is 17.0. The van der Waals surface area contributed by atoms with Gasteiger partial charge in [0.15, 0.2) is 6.10 Å². The van der Waals surface area contributed by atoms with E-state index in [1.807, 2.05) is 19.1 Å². The fourth-order valence-corrected chi connectivity index (χ4v) is 4.18. The van der Waals surface area contributed by atoms with E-state index >= 15 is 0 Å². The number of likely N-dealkylation sites (tertiary alicyclic amines) is 1. The number of hydrogen-bond acceptors (Lipinski definition) is 3. The third-order valence-corrected chi connectivity index (χ3v) is 6.04. The fraction of sp³-hybridized carbons (Fsp3) is 0.500. The molecule has 1 fully saturated rings. The molecular weight excluding hydrogens is 372 g/mol. The number of aryl methyl sites for hydroxylation is 1. The number of carbonyl (C=O) groups excluding carboxylic acids is 1. The molecule has 3 rings (SSSR count). The van der Waals surface area contributed by atoms with Gasteiger partial charge in [0.05, 0.1) is 0 Å². The fourth-order valence-electron chi connectivity index (χ4n) is 4.18.